The largest absolute Gasteiger partial charge is 0.457 e. The molecule has 2 aliphatic carbocycles. The van der Waals surface area contributed by atoms with E-state index >= 15 is 35.1 Å². The molecule has 0 amide bonds. The zero-order chi connectivity index (χ0) is 70.4. The van der Waals surface area contributed by atoms with Gasteiger partial charge < -0.3 is 23.7 Å². The van der Waals surface area contributed by atoms with Crippen molar-refractivity contribution in [1.82, 2.24) is 0 Å². The maximum Gasteiger partial charge on any atom is 0.161 e. The summed E-state index contributed by atoms with van der Waals surface area (Å²) in [5, 5.41) is 1.46. The second kappa shape index (κ2) is 25.0. The Labute approximate surface area is 586 Å². The van der Waals surface area contributed by atoms with Crippen LogP contribution in [0.4, 0.5) is 69.2 Å². The molecule has 14 aromatic carbocycles. The van der Waals surface area contributed by atoms with Gasteiger partial charge in [-0.15, -0.1) is 0 Å². The van der Waals surface area contributed by atoms with Crippen LogP contribution >= 0.6 is 0 Å². The first-order chi connectivity index (χ1) is 50.2. The van der Waals surface area contributed by atoms with E-state index in [9.17, 15) is 0 Å². The van der Waals surface area contributed by atoms with E-state index in [-0.39, 0.29) is 11.1 Å². The van der Waals surface area contributed by atoms with Gasteiger partial charge in [0.1, 0.15) is 57.4 Å². The summed E-state index contributed by atoms with van der Waals surface area (Å²) in [6.45, 7) is 7.68. The molecule has 0 N–H and O–H groups in total. The van der Waals surface area contributed by atoms with E-state index < -0.39 is 57.4 Å². The van der Waals surface area contributed by atoms with Crippen LogP contribution in [0.25, 0.3) is 56.3 Å². The van der Waals surface area contributed by atoms with E-state index in [4.69, 9.17) is 13.9 Å². The second-order valence-electron chi connectivity index (χ2n) is 25.4. The van der Waals surface area contributed by atoms with Gasteiger partial charge in [-0.2, -0.15) is 0 Å². The number of hydrogen-bond donors (Lipinski definition) is 0. The Kier molecular flexibility index (Phi) is 15.4. The summed E-state index contributed by atoms with van der Waals surface area (Å²) in [6.07, 6.45) is 3.45. The predicted molar refractivity (Wildman–Crippen MR) is 391 cm³/mol. The van der Waals surface area contributed by atoms with Crippen molar-refractivity contribution in [2.45, 2.75) is 10.8 Å². The Morgan fingerprint density at radius 1 is 0.282 bits per heavy atom. The standard InChI is InChI=1S/C90H54F8N2O3/c1-3-53-13-33-65(34-14-53)101-67-37-17-55(18-38-67)89(79-49-83(95)85(97)51-81(79)93)75-11-7-5-9-69(75)71-41-29-61(45-77(71)89)99(59-25-21-57(91)22-26-59)63-31-43-73-74-44-32-64(48-88(74)103-87(73)47-63)100(60-27-23-58(92)24-28-60)62-30-42-72-70-10-6-8-12-76(70)90(78(72)46-62,80-50-84(96)86(98)52-82(80)94)56-19-39-68(40-20-56)102-66-35-15-54(4-2)16-36-66/h3-52H,1-2H2. The first-order valence-electron chi connectivity index (χ1n) is 33.1. The van der Waals surface area contributed by atoms with E-state index in [2.05, 4.69) is 13.2 Å². The summed E-state index contributed by atoms with van der Waals surface area (Å²) in [7, 11) is 0. The summed E-state index contributed by atoms with van der Waals surface area (Å²) in [5.74, 6) is -6.03. The summed E-state index contributed by atoms with van der Waals surface area (Å²) in [5.41, 5.74) is 8.73. The molecule has 0 saturated carbocycles. The maximum atomic E-state index is 17.1. The Morgan fingerprint density at radius 2 is 0.602 bits per heavy atom. The van der Waals surface area contributed by atoms with Gasteiger partial charge in [-0.1, -0.05) is 135 Å². The molecule has 15 aromatic rings. The maximum absolute atomic E-state index is 17.1. The molecule has 0 radical (unpaired) electrons. The van der Waals surface area contributed by atoms with E-state index in [0.29, 0.717) is 125 Å². The quantitative estimate of drug-likeness (QED) is 0.0712. The molecule has 17 rings (SSSR count). The van der Waals surface area contributed by atoms with E-state index in [1.165, 1.54) is 24.3 Å². The van der Waals surface area contributed by atoms with Gasteiger partial charge in [0, 0.05) is 80.3 Å². The van der Waals surface area contributed by atoms with Crippen LogP contribution in [-0.4, -0.2) is 0 Å². The lowest BCUT2D eigenvalue weighted by atomic mass is 9.67. The Balaban J connectivity index is 0.797. The van der Waals surface area contributed by atoms with Crippen molar-refractivity contribution in [2.24, 2.45) is 0 Å². The van der Waals surface area contributed by atoms with Gasteiger partial charge in [0.05, 0.1) is 10.8 Å². The number of hydrogen-bond acceptors (Lipinski definition) is 5. The average Bonchev–Trinajstić information content (AvgIpc) is 1.55. The lowest BCUT2D eigenvalue weighted by Gasteiger charge is -2.35. The van der Waals surface area contributed by atoms with Crippen molar-refractivity contribution in [3.63, 3.8) is 0 Å². The van der Waals surface area contributed by atoms with E-state index in [1.54, 1.807) is 84.9 Å². The number of benzene rings is 14. The van der Waals surface area contributed by atoms with Crippen LogP contribution in [0, 0.1) is 46.5 Å². The van der Waals surface area contributed by atoms with Crippen LogP contribution < -0.4 is 19.3 Å². The molecule has 2 atom stereocenters. The van der Waals surface area contributed by atoms with Crippen molar-refractivity contribution in [3.8, 4) is 45.3 Å². The topological polar surface area (TPSA) is 38.1 Å². The molecule has 0 saturated heterocycles. The number of ether oxygens (including phenoxy) is 2. The fourth-order valence-corrected chi connectivity index (χ4v) is 15.2. The number of nitrogens with zero attached hydrogens (tertiary/aromatic N) is 2. The third-order valence-corrected chi connectivity index (χ3v) is 19.8. The Bertz CT molecular complexity index is 5540. The average molecular weight is 1360 g/mol. The van der Waals surface area contributed by atoms with Gasteiger partial charge in [0.2, 0.25) is 0 Å². The molecule has 498 valence electrons. The number of anilines is 6. The molecule has 13 heteroatoms. The molecule has 0 bridgehead atoms. The predicted octanol–water partition coefficient (Wildman–Crippen LogP) is 25.2. The molecule has 0 fully saturated rings. The van der Waals surface area contributed by atoms with Crippen LogP contribution in [0.3, 0.4) is 0 Å². The Morgan fingerprint density at radius 3 is 0.981 bits per heavy atom. The fraction of sp³-hybridized carbons (Fsp3) is 0.0222. The highest BCUT2D eigenvalue weighted by molar-refractivity contribution is 6.07. The highest BCUT2D eigenvalue weighted by Crippen LogP contribution is 2.61. The minimum absolute atomic E-state index is 0.135. The van der Waals surface area contributed by atoms with Gasteiger partial charge in [-0.05, 0) is 224 Å². The third-order valence-electron chi connectivity index (χ3n) is 19.8. The molecule has 2 unspecified atom stereocenters. The molecular weight excluding hydrogens is 1310 g/mol. The van der Waals surface area contributed by atoms with Gasteiger partial charge in [0.25, 0.3) is 0 Å². The number of furan rings is 1. The third kappa shape index (κ3) is 10.5. The van der Waals surface area contributed by atoms with E-state index in [0.717, 1.165) is 45.2 Å². The molecule has 1 aromatic heterocycles. The van der Waals surface area contributed by atoms with Crippen molar-refractivity contribution in [1.29, 1.82) is 0 Å². The molecule has 5 nitrogen and oxygen atoms in total. The lowest BCUT2D eigenvalue weighted by Crippen LogP contribution is -2.30. The van der Waals surface area contributed by atoms with Gasteiger partial charge in [-0.25, -0.2) is 35.1 Å². The van der Waals surface area contributed by atoms with Crippen LogP contribution in [0.5, 0.6) is 23.0 Å². The first kappa shape index (κ1) is 63.4. The summed E-state index contributed by atoms with van der Waals surface area (Å²) >= 11 is 0. The molecule has 1 heterocycles. The van der Waals surface area contributed by atoms with E-state index in [1.807, 2.05) is 180 Å². The highest BCUT2D eigenvalue weighted by atomic mass is 19.2. The summed E-state index contributed by atoms with van der Waals surface area (Å²) in [6, 6.07) is 81.6. The van der Waals surface area contributed by atoms with Gasteiger partial charge in [0.15, 0.2) is 23.3 Å². The van der Waals surface area contributed by atoms with Crippen LogP contribution in [0.1, 0.15) is 55.6 Å². The summed E-state index contributed by atoms with van der Waals surface area (Å²) < 4.78 is 146. The van der Waals surface area contributed by atoms with Gasteiger partial charge >= 0.3 is 0 Å². The number of rotatable bonds is 16. The second-order valence-corrected chi connectivity index (χ2v) is 25.4. The van der Waals surface area contributed by atoms with Crippen LogP contribution in [0.15, 0.2) is 309 Å². The summed E-state index contributed by atoms with van der Waals surface area (Å²) in [4.78, 5) is 3.81. The number of fused-ring (bicyclic) bond motifs is 9. The fourth-order valence-electron chi connectivity index (χ4n) is 15.2. The number of halogens is 8. The Hall–Kier alpha value is -13.0. The molecule has 2 aliphatic rings. The van der Waals surface area contributed by atoms with Crippen molar-refractivity contribution in [3.05, 3.63) is 407 Å². The lowest BCUT2D eigenvalue weighted by molar-refractivity contribution is 0.480. The molecule has 103 heavy (non-hydrogen) atoms. The SMILES string of the molecule is C=Cc1ccc(Oc2ccc(C3(c4cc(F)c(F)cc4F)c4ccccc4-c4ccc(N(c5ccc(F)cc5)c5ccc6c(c5)oc5cc(N(c7ccc(F)cc7)c7ccc8c(c7)C(c7ccc(Oc9ccc(C=C)cc9)cc7)(c7cc(F)c(F)cc7F)c7ccccc7-8)ccc56)cc43)cc2)cc1. The smallest absolute Gasteiger partial charge is 0.161 e. The molecule has 0 spiro atoms. The van der Waals surface area contributed by atoms with Crippen molar-refractivity contribution < 1.29 is 49.0 Å². The molecule has 0 aliphatic heterocycles. The minimum Gasteiger partial charge on any atom is -0.457 e. The molecular formula is C90H54F8N2O3. The first-order valence-corrected chi connectivity index (χ1v) is 33.1. The minimum atomic E-state index is -1.60. The van der Waals surface area contributed by atoms with Crippen molar-refractivity contribution >= 4 is 68.2 Å². The van der Waals surface area contributed by atoms with Crippen molar-refractivity contribution in [2.75, 3.05) is 9.80 Å². The van der Waals surface area contributed by atoms with Crippen LogP contribution in [0.2, 0.25) is 0 Å². The monoisotopic (exact) mass is 1360 g/mol. The zero-order valence-corrected chi connectivity index (χ0v) is 54.4. The zero-order valence-electron chi connectivity index (χ0n) is 54.4. The van der Waals surface area contributed by atoms with Gasteiger partial charge in [-0.3, -0.25) is 0 Å². The van der Waals surface area contributed by atoms with Crippen LogP contribution in [-0.2, 0) is 10.8 Å². The highest BCUT2D eigenvalue weighted by Gasteiger charge is 2.50. The normalized spacial score (nSPS) is 14.8.